The number of ether oxygens (including phenoxy) is 1. The van der Waals surface area contributed by atoms with Crippen LogP contribution < -0.4 is 5.32 Å². The monoisotopic (exact) mass is 213 g/mol. The Morgan fingerprint density at radius 3 is 2.93 bits per heavy atom. The SMILES string of the molecule is CC(C)OCCNCC(O)c1ccco1. The van der Waals surface area contributed by atoms with E-state index in [4.69, 9.17) is 9.15 Å². The molecule has 0 aliphatic rings. The van der Waals surface area contributed by atoms with Gasteiger partial charge in [0.2, 0.25) is 0 Å². The minimum atomic E-state index is -0.584. The van der Waals surface area contributed by atoms with Gasteiger partial charge in [0.1, 0.15) is 11.9 Å². The van der Waals surface area contributed by atoms with Crippen LogP contribution in [-0.4, -0.2) is 30.9 Å². The van der Waals surface area contributed by atoms with Gasteiger partial charge < -0.3 is 19.6 Å². The number of hydrogen-bond donors (Lipinski definition) is 2. The van der Waals surface area contributed by atoms with Crippen LogP contribution in [0.3, 0.4) is 0 Å². The zero-order valence-corrected chi connectivity index (χ0v) is 9.27. The highest BCUT2D eigenvalue weighted by Gasteiger charge is 2.08. The Labute approximate surface area is 90.2 Å². The molecular weight excluding hydrogens is 194 g/mol. The predicted octanol–water partition coefficient (Wildman–Crippen LogP) is 1.33. The Morgan fingerprint density at radius 1 is 1.53 bits per heavy atom. The fourth-order valence-corrected chi connectivity index (χ4v) is 1.19. The van der Waals surface area contributed by atoms with Gasteiger partial charge in [0.15, 0.2) is 0 Å². The van der Waals surface area contributed by atoms with E-state index in [1.807, 2.05) is 13.8 Å². The van der Waals surface area contributed by atoms with Gasteiger partial charge in [-0.2, -0.15) is 0 Å². The summed E-state index contributed by atoms with van der Waals surface area (Å²) in [5.74, 6) is 0.590. The van der Waals surface area contributed by atoms with Gasteiger partial charge in [-0.3, -0.25) is 0 Å². The lowest BCUT2D eigenvalue weighted by Crippen LogP contribution is -2.26. The second-order valence-electron chi connectivity index (χ2n) is 3.65. The van der Waals surface area contributed by atoms with E-state index < -0.39 is 6.10 Å². The van der Waals surface area contributed by atoms with Gasteiger partial charge in [0.05, 0.1) is 19.0 Å². The maximum atomic E-state index is 9.62. The van der Waals surface area contributed by atoms with Gasteiger partial charge in [-0.05, 0) is 26.0 Å². The summed E-state index contributed by atoms with van der Waals surface area (Å²) in [4.78, 5) is 0. The number of aliphatic hydroxyl groups is 1. The van der Waals surface area contributed by atoms with Crippen molar-refractivity contribution in [2.45, 2.75) is 26.1 Å². The Kier molecular flexibility index (Phi) is 5.39. The van der Waals surface area contributed by atoms with E-state index in [2.05, 4.69) is 5.32 Å². The minimum Gasteiger partial charge on any atom is -0.467 e. The number of nitrogens with one attached hydrogen (secondary N) is 1. The van der Waals surface area contributed by atoms with Crippen molar-refractivity contribution in [3.05, 3.63) is 24.2 Å². The molecule has 4 nitrogen and oxygen atoms in total. The van der Waals surface area contributed by atoms with Crippen LogP contribution in [0, 0.1) is 0 Å². The van der Waals surface area contributed by atoms with Crippen LogP contribution in [-0.2, 0) is 4.74 Å². The van der Waals surface area contributed by atoms with Crippen LogP contribution in [0.5, 0.6) is 0 Å². The molecule has 1 aromatic heterocycles. The number of rotatable bonds is 7. The highest BCUT2D eigenvalue weighted by atomic mass is 16.5. The lowest BCUT2D eigenvalue weighted by atomic mass is 10.3. The summed E-state index contributed by atoms with van der Waals surface area (Å²) in [6.45, 7) is 5.86. The van der Waals surface area contributed by atoms with Crippen molar-refractivity contribution < 1.29 is 14.3 Å². The normalized spacial score (nSPS) is 13.3. The first kappa shape index (κ1) is 12.2. The first-order valence-electron chi connectivity index (χ1n) is 5.24. The van der Waals surface area contributed by atoms with E-state index in [9.17, 15) is 5.11 Å². The lowest BCUT2D eigenvalue weighted by Gasteiger charge is -2.10. The van der Waals surface area contributed by atoms with Crippen molar-refractivity contribution in [3.8, 4) is 0 Å². The van der Waals surface area contributed by atoms with Crippen LogP contribution >= 0.6 is 0 Å². The van der Waals surface area contributed by atoms with Crippen molar-refractivity contribution in [1.82, 2.24) is 5.32 Å². The second kappa shape index (κ2) is 6.61. The number of hydrogen-bond acceptors (Lipinski definition) is 4. The molecule has 2 N–H and O–H groups in total. The van der Waals surface area contributed by atoms with E-state index in [1.165, 1.54) is 0 Å². The highest BCUT2D eigenvalue weighted by Crippen LogP contribution is 2.11. The van der Waals surface area contributed by atoms with Crippen molar-refractivity contribution in [2.24, 2.45) is 0 Å². The summed E-state index contributed by atoms with van der Waals surface area (Å²) in [6, 6.07) is 3.53. The van der Waals surface area contributed by atoms with Crippen LogP contribution in [0.4, 0.5) is 0 Å². The van der Waals surface area contributed by atoms with Crippen molar-refractivity contribution in [3.63, 3.8) is 0 Å². The van der Waals surface area contributed by atoms with Gasteiger partial charge >= 0.3 is 0 Å². The molecule has 0 aliphatic carbocycles. The standard InChI is InChI=1S/C11H19NO3/c1-9(2)14-7-5-12-8-10(13)11-4-3-6-15-11/h3-4,6,9-10,12-13H,5,7-8H2,1-2H3. The second-order valence-corrected chi connectivity index (χ2v) is 3.65. The molecule has 0 saturated heterocycles. The summed E-state index contributed by atoms with van der Waals surface area (Å²) in [5.41, 5.74) is 0. The van der Waals surface area contributed by atoms with Crippen molar-refractivity contribution in [1.29, 1.82) is 0 Å². The maximum Gasteiger partial charge on any atom is 0.133 e. The third kappa shape index (κ3) is 4.97. The van der Waals surface area contributed by atoms with E-state index in [-0.39, 0.29) is 6.10 Å². The molecule has 1 unspecified atom stereocenters. The van der Waals surface area contributed by atoms with Gasteiger partial charge in [0, 0.05) is 13.1 Å². The Balaban J connectivity index is 2.05. The number of aliphatic hydroxyl groups excluding tert-OH is 1. The zero-order valence-electron chi connectivity index (χ0n) is 9.27. The summed E-state index contributed by atoms with van der Waals surface area (Å²) in [5, 5.41) is 12.7. The average molecular weight is 213 g/mol. The Bertz CT molecular complexity index is 246. The van der Waals surface area contributed by atoms with Crippen LogP contribution in [0.15, 0.2) is 22.8 Å². The lowest BCUT2D eigenvalue weighted by molar-refractivity contribution is 0.0770. The van der Waals surface area contributed by atoms with Gasteiger partial charge in [-0.25, -0.2) is 0 Å². The molecule has 0 fully saturated rings. The molecule has 0 saturated carbocycles. The third-order valence-electron chi connectivity index (χ3n) is 1.94. The number of furan rings is 1. The average Bonchev–Trinajstić information content (AvgIpc) is 2.69. The molecule has 0 spiro atoms. The summed E-state index contributed by atoms with van der Waals surface area (Å²) in [6.07, 6.45) is 1.22. The van der Waals surface area contributed by atoms with E-state index in [0.717, 1.165) is 6.54 Å². The minimum absolute atomic E-state index is 0.252. The molecule has 1 atom stereocenters. The van der Waals surface area contributed by atoms with Crippen LogP contribution in [0.1, 0.15) is 25.7 Å². The van der Waals surface area contributed by atoms with Gasteiger partial charge in [0.25, 0.3) is 0 Å². The highest BCUT2D eigenvalue weighted by molar-refractivity contribution is 5.01. The largest absolute Gasteiger partial charge is 0.467 e. The summed E-state index contributed by atoms with van der Waals surface area (Å²) in [7, 11) is 0. The quantitative estimate of drug-likeness (QED) is 0.671. The van der Waals surface area contributed by atoms with Crippen LogP contribution in [0.25, 0.3) is 0 Å². The fraction of sp³-hybridized carbons (Fsp3) is 0.636. The molecule has 0 bridgehead atoms. The van der Waals surface area contributed by atoms with Crippen molar-refractivity contribution in [2.75, 3.05) is 19.7 Å². The molecule has 1 aromatic rings. The van der Waals surface area contributed by atoms with Gasteiger partial charge in [-0.1, -0.05) is 0 Å². The molecule has 0 aliphatic heterocycles. The summed E-state index contributed by atoms with van der Waals surface area (Å²) < 4.78 is 10.4. The van der Waals surface area contributed by atoms with Crippen LogP contribution in [0.2, 0.25) is 0 Å². The summed E-state index contributed by atoms with van der Waals surface area (Å²) >= 11 is 0. The molecule has 86 valence electrons. The molecule has 1 heterocycles. The van der Waals surface area contributed by atoms with Crippen molar-refractivity contribution >= 4 is 0 Å². The predicted molar refractivity (Wildman–Crippen MR) is 57.6 cm³/mol. The molecule has 4 heteroatoms. The molecule has 1 rings (SSSR count). The molecule has 15 heavy (non-hydrogen) atoms. The Morgan fingerprint density at radius 2 is 2.33 bits per heavy atom. The third-order valence-corrected chi connectivity index (χ3v) is 1.94. The molecule has 0 aromatic carbocycles. The smallest absolute Gasteiger partial charge is 0.133 e. The first-order valence-corrected chi connectivity index (χ1v) is 5.24. The molecule has 0 amide bonds. The zero-order chi connectivity index (χ0) is 11.1. The molecule has 0 radical (unpaired) electrons. The molecular formula is C11H19NO3. The maximum absolute atomic E-state index is 9.62. The van der Waals surface area contributed by atoms with E-state index >= 15 is 0 Å². The van der Waals surface area contributed by atoms with E-state index in [0.29, 0.717) is 18.9 Å². The van der Waals surface area contributed by atoms with E-state index in [1.54, 1.807) is 18.4 Å². The first-order chi connectivity index (χ1) is 7.20. The topological polar surface area (TPSA) is 54.6 Å². The Hall–Kier alpha value is -0.840. The van der Waals surface area contributed by atoms with Gasteiger partial charge in [-0.15, -0.1) is 0 Å². The fourth-order valence-electron chi connectivity index (χ4n) is 1.19.